The van der Waals surface area contributed by atoms with E-state index in [0.717, 1.165) is 23.2 Å². The van der Waals surface area contributed by atoms with E-state index < -0.39 is 0 Å². The minimum absolute atomic E-state index is 0.510. The van der Waals surface area contributed by atoms with Gasteiger partial charge in [-0.3, -0.25) is 0 Å². The molecule has 2 aromatic heterocycles. The van der Waals surface area contributed by atoms with Gasteiger partial charge in [-0.05, 0) is 12.1 Å². The van der Waals surface area contributed by atoms with Crippen LogP contribution in [0.15, 0.2) is 22.7 Å². The maximum absolute atomic E-state index is 5.86. The van der Waals surface area contributed by atoms with Crippen molar-refractivity contribution in [3.05, 3.63) is 29.2 Å². The Morgan fingerprint density at radius 2 is 2.42 bits per heavy atom. The monoisotopic (exact) mass is 181 g/mol. The molecule has 0 bridgehead atoms. The highest BCUT2D eigenvalue weighted by molar-refractivity contribution is 6.34. The van der Waals surface area contributed by atoms with Crippen LogP contribution >= 0.6 is 11.6 Å². The van der Waals surface area contributed by atoms with Gasteiger partial charge in [0.2, 0.25) is 0 Å². The Hall–Kier alpha value is -1.02. The molecule has 0 saturated carbocycles. The Balaban J connectivity index is 2.74. The summed E-state index contributed by atoms with van der Waals surface area (Å²) >= 11 is 5.86. The summed E-state index contributed by atoms with van der Waals surface area (Å²) in [7, 11) is 0. The van der Waals surface area contributed by atoms with Crippen LogP contribution in [-0.4, -0.2) is 4.98 Å². The summed E-state index contributed by atoms with van der Waals surface area (Å²) in [6, 6.07) is 3.76. The molecule has 0 aliphatic carbocycles. The summed E-state index contributed by atoms with van der Waals surface area (Å²) < 4.78 is 5.47. The van der Waals surface area contributed by atoms with Crippen LogP contribution in [0.1, 0.15) is 12.7 Å². The third-order valence-corrected chi connectivity index (χ3v) is 2.10. The highest BCUT2D eigenvalue weighted by atomic mass is 35.5. The normalized spacial score (nSPS) is 10.8. The minimum atomic E-state index is 0.510. The average molecular weight is 182 g/mol. The quantitative estimate of drug-likeness (QED) is 0.632. The second-order valence-corrected chi connectivity index (χ2v) is 2.94. The third-order valence-electron chi connectivity index (χ3n) is 1.80. The van der Waals surface area contributed by atoms with E-state index in [2.05, 4.69) is 4.98 Å². The molecule has 0 amide bonds. The van der Waals surface area contributed by atoms with E-state index in [1.165, 1.54) is 0 Å². The van der Waals surface area contributed by atoms with Gasteiger partial charge < -0.3 is 4.42 Å². The van der Waals surface area contributed by atoms with Crippen molar-refractivity contribution < 1.29 is 4.42 Å². The molecule has 0 atom stereocenters. The van der Waals surface area contributed by atoms with Crippen LogP contribution in [-0.2, 0) is 6.42 Å². The summed E-state index contributed by atoms with van der Waals surface area (Å²) in [4.78, 5) is 3.96. The molecular weight excluding hydrogens is 174 g/mol. The van der Waals surface area contributed by atoms with Gasteiger partial charge in [-0.25, -0.2) is 4.98 Å². The number of fused-ring (bicyclic) bond motifs is 1. The Kier molecular flexibility index (Phi) is 1.77. The lowest BCUT2D eigenvalue weighted by atomic mass is 10.3. The summed E-state index contributed by atoms with van der Waals surface area (Å²) in [5, 5.41) is 1.41. The Morgan fingerprint density at radius 1 is 1.58 bits per heavy atom. The van der Waals surface area contributed by atoms with Gasteiger partial charge in [0.1, 0.15) is 16.5 Å². The van der Waals surface area contributed by atoms with Gasteiger partial charge in [0, 0.05) is 12.6 Å². The number of halogens is 1. The Bertz CT molecular complexity index is 408. The van der Waals surface area contributed by atoms with Crippen molar-refractivity contribution in [3.63, 3.8) is 0 Å². The number of hydrogen-bond acceptors (Lipinski definition) is 2. The maximum Gasteiger partial charge on any atom is 0.140 e. The van der Waals surface area contributed by atoms with E-state index >= 15 is 0 Å². The second kappa shape index (κ2) is 2.79. The third kappa shape index (κ3) is 1.08. The van der Waals surface area contributed by atoms with E-state index in [4.69, 9.17) is 16.0 Å². The van der Waals surface area contributed by atoms with E-state index in [0.29, 0.717) is 5.15 Å². The standard InChI is InChI=1S/C9H8ClNO/c1-2-6-5-7-8(12-6)3-4-11-9(7)10/h3-5H,2H2,1H3. The van der Waals surface area contributed by atoms with Crippen LogP contribution < -0.4 is 0 Å². The van der Waals surface area contributed by atoms with Gasteiger partial charge in [0.05, 0.1) is 5.39 Å². The number of hydrogen-bond donors (Lipinski definition) is 0. The molecule has 0 aromatic carbocycles. The van der Waals surface area contributed by atoms with Crippen molar-refractivity contribution in [1.29, 1.82) is 0 Å². The maximum atomic E-state index is 5.86. The van der Waals surface area contributed by atoms with Gasteiger partial charge in [-0.1, -0.05) is 18.5 Å². The molecule has 62 valence electrons. The first-order valence-electron chi connectivity index (χ1n) is 3.84. The van der Waals surface area contributed by atoms with Gasteiger partial charge in [0.15, 0.2) is 0 Å². The fourth-order valence-electron chi connectivity index (χ4n) is 1.16. The first kappa shape index (κ1) is 7.62. The van der Waals surface area contributed by atoms with Crippen molar-refractivity contribution in [2.75, 3.05) is 0 Å². The molecular formula is C9H8ClNO. The first-order chi connectivity index (χ1) is 5.81. The van der Waals surface area contributed by atoms with Gasteiger partial charge in [-0.15, -0.1) is 0 Å². The molecule has 0 spiro atoms. The predicted octanol–water partition coefficient (Wildman–Crippen LogP) is 3.04. The smallest absolute Gasteiger partial charge is 0.140 e. The van der Waals surface area contributed by atoms with Crippen molar-refractivity contribution >= 4 is 22.6 Å². The van der Waals surface area contributed by atoms with E-state index in [-0.39, 0.29) is 0 Å². The number of rotatable bonds is 1. The zero-order chi connectivity index (χ0) is 8.55. The lowest BCUT2D eigenvalue weighted by Gasteiger charge is -1.87. The molecule has 0 saturated heterocycles. The molecule has 0 radical (unpaired) electrons. The first-order valence-corrected chi connectivity index (χ1v) is 4.22. The average Bonchev–Trinajstić information content (AvgIpc) is 2.49. The minimum Gasteiger partial charge on any atom is -0.461 e. The van der Waals surface area contributed by atoms with Crippen LogP contribution in [0.4, 0.5) is 0 Å². The molecule has 0 N–H and O–H groups in total. The number of pyridine rings is 1. The van der Waals surface area contributed by atoms with Crippen LogP contribution in [0.25, 0.3) is 11.0 Å². The molecule has 2 nitrogen and oxygen atoms in total. The summed E-state index contributed by atoms with van der Waals surface area (Å²) in [5.74, 6) is 0.944. The van der Waals surface area contributed by atoms with Crippen molar-refractivity contribution in [2.24, 2.45) is 0 Å². The largest absolute Gasteiger partial charge is 0.461 e. The summed E-state index contributed by atoms with van der Waals surface area (Å²) in [6.07, 6.45) is 2.53. The van der Waals surface area contributed by atoms with Crippen LogP contribution in [0.5, 0.6) is 0 Å². The molecule has 2 aromatic rings. The molecule has 0 aliphatic rings. The van der Waals surface area contributed by atoms with Gasteiger partial charge >= 0.3 is 0 Å². The summed E-state index contributed by atoms with van der Waals surface area (Å²) in [6.45, 7) is 2.04. The molecule has 2 heterocycles. The fraction of sp³-hybridized carbons (Fsp3) is 0.222. The van der Waals surface area contributed by atoms with E-state index in [1.54, 1.807) is 6.20 Å². The highest BCUT2D eigenvalue weighted by Gasteiger charge is 2.05. The van der Waals surface area contributed by atoms with Crippen LogP contribution in [0.3, 0.4) is 0 Å². The Morgan fingerprint density at radius 3 is 3.08 bits per heavy atom. The zero-order valence-electron chi connectivity index (χ0n) is 6.67. The molecule has 2 rings (SSSR count). The zero-order valence-corrected chi connectivity index (χ0v) is 7.43. The fourth-order valence-corrected chi connectivity index (χ4v) is 1.36. The van der Waals surface area contributed by atoms with Crippen molar-refractivity contribution in [2.45, 2.75) is 13.3 Å². The lowest BCUT2D eigenvalue weighted by molar-refractivity contribution is 0.557. The Labute approximate surface area is 75.2 Å². The lowest BCUT2D eigenvalue weighted by Crippen LogP contribution is -1.71. The van der Waals surface area contributed by atoms with Crippen LogP contribution in [0, 0.1) is 0 Å². The van der Waals surface area contributed by atoms with Crippen molar-refractivity contribution in [1.82, 2.24) is 4.98 Å². The van der Waals surface area contributed by atoms with E-state index in [9.17, 15) is 0 Å². The molecule has 0 fully saturated rings. The summed E-state index contributed by atoms with van der Waals surface area (Å²) in [5.41, 5.74) is 0.812. The second-order valence-electron chi connectivity index (χ2n) is 2.58. The molecule has 0 aliphatic heterocycles. The number of nitrogens with zero attached hydrogens (tertiary/aromatic N) is 1. The number of furan rings is 1. The molecule has 12 heavy (non-hydrogen) atoms. The number of aromatic nitrogens is 1. The topological polar surface area (TPSA) is 26.0 Å². The van der Waals surface area contributed by atoms with Crippen LogP contribution in [0.2, 0.25) is 5.15 Å². The molecule has 3 heteroatoms. The number of aryl methyl sites for hydroxylation is 1. The van der Waals surface area contributed by atoms with E-state index in [1.807, 2.05) is 19.1 Å². The SMILES string of the molecule is CCc1cc2c(Cl)nccc2o1. The van der Waals surface area contributed by atoms with Crippen molar-refractivity contribution in [3.8, 4) is 0 Å². The molecule has 0 unspecified atom stereocenters. The highest BCUT2D eigenvalue weighted by Crippen LogP contribution is 2.24. The van der Waals surface area contributed by atoms with Gasteiger partial charge in [-0.2, -0.15) is 0 Å². The predicted molar refractivity (Wildman–Crippen MR) is 48.4 cm³/mol. The van der Waals surface area contributed by atoms with Gasteiger partial charge in [0.25, 0.3) is 0 Å².